The summed E-state index contributed by atoms with van der Waals surface area (Å²) in [5, 5.41) is 0. The van der Waals surface area contributed by atoms with Crippen molar-refractivity contribution in [1.29, 1.82) is 0 Å². The van der Waals surface area contributed by atoms with Gasteiger partial charge in [-0.05, 0) is 34.8 Å². The fourth-order valence-corrected chi connectivity index (χ4v) is 4.03. The summed E-state index contributed by atoms with van der Waals surface area (Å²) < 4.78 is 52.3. The summed E-state index contributed by atoms with van der Waals surface area (Å²) in [5.41, 5.74) is 0. The van der Waals surface area contributed by atoms with Crippen LogP contribution in [-0.4, -0.2) is 25.8 Å². The lowest BCUT2D eigenvalue weighted by Gasteiger charge is -2.26. The molecule has 0 aromatic heterocycles. The molecule has 7 heteroatoms. The van der Waals surface area contributed by atoms with E-state index in [-0.39, 0.29) is 4.47 Å². The lowest BCUT2D eigenvalue weighted by Crippen LogP contribution is -2.36. The fraction of sp³-hybridized carbons (Fsp3) is 0.455. The Morgan fingerprint density at radius 3 is 2.28 bits per heavy atom. The number of halogens is 3. The van der Waals surface area contributed by atoms with Gasteiger partial charge >= 0.3 is 0 Å². The Morgan fingerprint density at radius 1 is 1.06 bits per heavy atom. The maximum atomic E-state index is 13.6. The Balaban J connectivity index is 2.43. The first-order chi connectivity index (χ1) is 8.43. The van der Waals surface area contributed by atoms with E-state index >= 15 is 0 Å². The molecule has 0 aliphatic carbocycles. The number of piperidine rings is 1. The second-order valence-electron chi connectivity index (χ2n) is 4.16. The number of rotatable bonds is 2. The van der Waals surface area contributed by atoms with Crippen molar-refractivity contribution in [2.24, 2.45) is 0 Å². The second-order valence-corrected chi connectivity index (χ2v) is 6.92. The Kier molecular flexibility index (Phi) is 4.03. The van der Waals surface area contributed by atoms with Crippen LogP contribution in [0.4, 0.5) is 8.78 Å². The van der Waals surface area contributed by atoms with Crippen molar-refractivity contribution in [3.63, 3.8) is 0 Å². The first-order valence-electron chi connectivity index (χ1n) is 5.57. The van der Waals surface area contributed by atoms with Gasteiger partial charge in [-0.3, -0.25) is 0 Å². The Labute approximate surface area is 113 Å². The van der Waals surface area contributed by atoms with Gasteiger partial charge in [0.05, 0.1) is 4.47 Å². The molecule has 0 amide bonds. The molecule has 0 spiro atoms. The van der Waals surface area contributed by atoms with Gasteiger partial charge in [0.25, 0.3) is 0 Å². The summed E-state index contributed by atoms with van der Waals surface area (Å²) >= 11 is 2.87. The third-order valence-corrected chi connectivity index (χ3v) is 5.43. The minimum Gasteiger partial charge on any atom is -0.207 e. The largest absolute Gasteiger partial charge is 0.246 e. The zero-order valence-corrected chi connectivity index (χ0v) is 11.9. The van der Waals surface area contributed by atoms with Crippen LogP contribution in [0.1, 0.15) is 19.3 Å². The molecule has 1 aliphatic rings. The summed E-state index contributed by atoms with van der Waals surface area (Å²) in [6, 6.07) is 1.56. The Morgan fingerprint density at radius 2 is 1.67 bits per heavy atom. The maximum Gasteiger partial charge on any atom is 0.246 e. The van der Waals surface area contributed by atoms with Gasteiger partial charge in [-0.1, -0.05) is 6.42 Å². The molecule has 0 saturated carbocycles. The van der Waals surface area contributed by atoms with E-state index in [0.717, 1.165) is 25.3 Å². The molecule has 18 heavy (non-hydrogen) atoms. The van der Waals surface area contributed by atoms with Crippen molar-refractivity contribution in [2.45, 2.75) is 24.2 Å². The summed E-state index contributed by atoms with van der Waals surface area (Å²) in [6.45, 7) is 0.771. The van der Waals surface area contributed by atoms with Gasteiger partial charge in [0.1, 0.15) is 16.5 Å². The third-order valence-electron chi connectivity index (χ3n) is 2.91. The fourth-order valence-electron chi connectivity index (χ4n) is 1.95. The first-order valence-corrected chi connectivity index (χ1v) is 7.81. The van der Waals surface area contributed by atoms with Gasteiger partial charge in [-0.25, -0.2) is 17.2 Å². The van der Waals surface area contributed by atoms with Gasteiger partial charge in [0.15, 0.2) is 0 Å². The number of nitrogens with zero attached hydrogens (tertiary/aromatic N) is 1. The van der Waals surface area contributed by atoms with E-state index < -0.39 is 26.6 Å². The van der Waals surface area contributed by atoms with Crippen molar-refractivity contribution >= 4 is 26.0 Å². The predicted molar refractivity (Wildman–Crippen MR) is 66.7 cm³/mol. The van der Waals surface area contributed by atoms with Crippen molar-refractivity contribution < 1.29 is 17.2 Å². The van der Waals surface area contributed by atoms with Crippen LogP contribution in [0.25, 0.3) is 0 Å². The predicted octanol–water partition coefficient (Wildman–Crippen LogP) is 2.90. The number of hydrogen-bond acceptors (Lipinski definition) is 2. The van der Waals surface area contributed by atoms with Crippen molar-refractivity contribution in [3.8, 4) is 0 Å². The molecule has 1 heterocycles. The van der Waals surface area contributed by atoms with E-state index in [1.807, 2.05) is 0 Å². The van der Waals surface area contributed by atoms with Crippen molar-refractivity contribution in [2.75, 3.05) is 13.1 Å². The number of benzene rings is 1. The highest BCUT2D eigenvalue weighted by Gasteiger charge is 2.29. The molecule has 0 unspecified atom stereocenters. The molecule has 2 rings (SSSR count). The molecular formula is C11H12BrF2NO2S. The molecular weight excluding hydrogens is 328 g/mol. The van der Waals surface area contributed by atoms with Crippen LogP contribution in [0.3, 0.4) is 0 Å². The molecule has 0 N–H and O–H groups in total. The summed E-state index contributed by atoms with van der Waals surface area (Å²) in [4.78, 5) is -0.474. The van der Waals surface area contributed by atoms with Crippen LogP contribution >= 0.6 is 15.9 Å². The zero-order valence-electron chi connectivity index (χ0n) is 9.50. The van der Waals surface area contributed by atoms with Crippen LogP contribution < -0.4 is 0 Å². The molecule has 1 fully saturated rings. The summed E-state index contributed by atoms with van der Waals surface area (Å²) in [5.74, 6) is -1.87. The number of sulfonamides is 1. The molecule has 0 atom stereocenters. The highest BCUT2D eigenvalue weighted by molar-refractivity contribution is 9.10. The number of hydrogen-bond donors (Lipinski definition) is 0. The van der Waals surface area contributed by atoms with Crippen LogP contribution in [0.2, 0.25) is 0 Å². The average molecular weight is 340 g/mol. The monoisotopic (exact) mass is 339 g/mol. The summed E-state index contributed by atoms with van der Waals surface area (Å²) in [7, 11) is -3.87. The molecule has 0 bridgehead atoms. The molecule has 1 aliphatic heterocycles. The smallest absolute Gasteiger partial charge is 0.207 e. The van der Waals surface area contributed by atoms with E-state index in [0.29, 0.717) is 19.2 Å². The average Bonchev–Trinajstić information content (AvgIpc) is 2.34. The highest BCUT2D eigenvalue weighted by Crippen LogP contribution is 2.27. The lowest BCUT2D eigenvalue weighted by molar-refractivity contribution is 0.345. The molecule has 1 aromatic rings. The normalized spacial score (nSPS) is 17.9. The van der Waals surface area contributed by atoms with Crippen molar-refractivity contribution in [1.82, 2.24) is 4.31 Å². The highest BCUT2D eigenvalue weighted by atomic mass is 79.9. The molecule has 100 valence electrons. The topological polar surface area (TPSA) is 37.4 Å². The minimum atomic E-state index is -3.87. The SMILES string of the molecule is O=S(=O)(c1cc(Br)c(F)cc1F)N1CCCCC1. The minimum absolute atomic E-state index is 0.0560. The first kappa shape index (κ1) is 13.9. The van der Waals surface area contributed by atoms with E-state index in [2.05, 4.69) is 15.9 Å². The van der Waals surface area contributed by atoms with Crippen molar-refractivity contribution in [3.05, 3.63) is 28.2 Å². The Hall–Kier alpha value is -0.530. The van der Waals surface area contributed by atoms with Crippen LogP contribution in [0.5, 0.6) is 0 Å². The molecule has 0 radical (unpaired) electrons. The maximum absolute atomic E-state index is 13.6. The van der Waals surface area contributed by atoms with Gasteiger partial charge in [0, 0.05) is 19.2 Å². The van der Waals surface area contributed by atoms with Crippen LogP contribution in [0, 0.1) is 11.6 Å². The quantitative estimate of drug-likeness (QED) is 0.777. The zero-order chi connectivity index (χ0) is 13.3. The summed E-state index contributed by atoms with van der Waals surface area (Å²) in [6.07, 6.45) is 2.51. The van der Waals surface area contributed by atoms with E-state index in [9.17, 15) is 17.2 Å². The standard InChI is InChI=1S/C11H12BrF2NO2S/c12-8-6-11(10(14)7-9(8)13)18(16,17)15-4-2-1-3-5-15/h6-7H,1-5H2. The van der Waals surface area contributed by atoms with Crippen LogP contribution in [-0.2, 0) is 10.0 Å². The van der Waals surface area contributed by atoms with E-state index in [1.165, 1.54) is 4.31 Å². The lowest BCUT2D eigenvalue weighted by atomic mass is 10.2. The van der Waals surface area contributed by atoms with E-state index in [4.69, 9.17) is 0 Å². The van der Waals surface area contributed by atoms with E-state index in [1.54, 1.807) is 0 Å². The van der Waals surface area contributed by atoms with Gasteiger partial charge < -0.3 is 0 Å². The van der Waals surface area contributed by atoms with Gasteiger partial charge in [-0.2, -0.15) is 4.31 Å². The molecule has 1 saturated heterocycles. The van der Waals surface area contributed by atoms with Gasteiger partial charge in [0.2, 0.25) is 10.0 Å². The third kappa shape index (κ3) is 2.57. The van der Waals surface area contributed by atoms with Crippen LogP contribution in [0.15, 0.2) is 21.5 Å². The molecule has 1 aromatic carbocycles. The Bertz CT molecular complexity index is 556. The van der Waals surface area contributed by atoms with Gasteiger partial charge in [-0.15, -0.1) is 0 Å². The molecule has 3 nitrogen and oxygen atoms in total. The second kappa shape index (κ2) is 5.22.